The van der Waals surface area contributed by atoms with Gasteiger partial charge in [-0.1, -0.05) is 24.3 Å². The number of hydrogen-bond donors (Lipinski definition) is 2. The fraction of sp³-hybridized carbons (Fsp3) is 0.500. The quantitative estimate of drug-likeness (QED) is 0.887. The number of carbonyl (C=O) groups is 2. The SMILES string of the molecule is CC(C)(C)NCC(=O)N1Cc2ccccc2C(C(=O)O)C1. The average Bonchev–Trinajstić information content (AvgIpc) is 2.42. The molecule has 0 fully saturated rings. The Kier molecular flexibility index (Phi) is 4.32. The lowest BCUT2D eigenvalue weighted by Crippen LogP contribution is -2.47. The van der Waals surface area contributed by atoms with Crippen molar-refractivity contribution in [1.82, 2.24) is 10.2 Å². The first kappa shape index (κ1) is 15.5. The molecule has 2 rings (SSSR count). The van der Waals surface area contributed by atoms with Crippen LogP contribution in [0.1, 0.15) is 37.8 Å². The summed E-state index contributed by atoms with van der Waals surface area (Å²) < 4.78 is 0. The van der Waals surface area contributed by atoms with Gasteiger partial charge in [-0.15, -0.1) is 0 Å². The van der Waals surface area contributed by atoms with Crippen LogP contribution < -0.4 is 5.32 Å². The summed E-state index contributed by atoms with van der Waals surface area (Å²) in [5.74, 6) is -1.59. The van der Waals surface area contributed by atoms with Crippen molar-refractivity contribution in [2.45, 2.75) is 38.8 Å². The molecule has 0 aliphatic carbocycles. The van der Waals surface area contributed by atoms with Crippen LogP contribution in [0.2, 0.25) is 0 Å². The molecule has 114 valence electrons. The lowest BCUT2D eigenvalue weighted by Gasteiger charge is -2.33. The standard InChI is InChI=1S/C16H22N2O3/c1-16(2,3)17-8-14(19)18-9-11-6-4-5-7-12(11)13(10-18)15(20)21/h4-7,13,17H,8-10H2,1-3H3,(H,20,21). The molecule has 5 nitrogen and oxygen atoms in total. The highest BCUT2D eigenvalue weighted by Gasteiger charge is 2.32. The normalized spacial score (nSPS) is 18.2. The van der Waals surface area contributed by atoms with Crippen LogP contribution in [-0.2, 0) is 16.1 Å². The average molecular weight is 290 g/mol. The van der Waals surface area contributed by atoms with Crippen molar-refractivity contribution >= 4 is 11.9 Å². The molecule has 0 aromatic heterocycles. The predicted molar refractivity (Wildman–Crippen MR) is 80.0 cm³/mol. The second-order valence-electron chi connectivity index (χ2n) is 6.47. The van der Waals surface area contributed by atoms with E-state index in [2.05, 4.69) is 5.32 Å². The number of carboxylic acid groups (broad SMARTS) is 1. The van der Waals surface area contributed by atoms with Crippen LogP contribution in [-0.4, -0.2) is 40.5 Å². The molecule has 1 unspecified atom stereocenters. The highest BCUT2D eigenvalue weighted by molar-refractivity contribution is 5.82. The number of amides is 1. The van der Waals surface area contributed by atoms with Crippen molar-refractivity contribution in [3.63, 3.8) is 0 Å². The fourth-order valence-electron chi connectivity index (χ4n) is 2.46. The van der Waals surface area contributed by atoms with Gasteiger partial charge in [-0.3, -0.25) is 9.59 Å². The van der Waals surface area contributed by atoms with Crippen LogP contribution >= 0.6 is 0 Å². The Balaban J connectivity index is 2.14. The number of nitrogens with zero attached hydrogens (tertiary/aromatic N) is 1. The topological polar surface area (TPSA) is 69.6 Å². The molecule has 0 saturated heterocycles. The van der Waals surface area contributed by atoms with Crippen molar-refractivity contribution < 1.29 is 14.7 Å². The van der Waals surface area contributed by atoms with E-state index in [0.29, 0.717) is 6.54 Å². The molecule has 1 amide bonds. The summed E-state index contributed by atoms with van der Waals surface area (Å²) in [6.07, 6.45) is 0. The van der Waals surface area contributed by atoms with Crippen LogP contribution in [0.3, 0.4) is 0 Å². The van der Waals surface area contributed by atoms with Gasteiger partial charge in [-0.2, -0.15) is 0 Å². The molecule has 0 radical (unpaired) electrons. The van der Waals surface area contributed by atoms with Gasteiger partial charge in [0.25, 0.3) is 0 Å². The van der Waals surface area contributed by atoms with E-state index in [1.807, 2.05) is 45.0 Å². The van der Waals surface area contributed by atoms with E-state index in [0.717, 1.165) is 11.1 Å². The Bertz CT molecular complexity index is 549. The maximum atomic E-state index is 12.3. The maximum Gasteiger partial charge on any atom is 0.312 e. The third-order valence-electron chi connectivity index (χ3n) is 3.62. The lowest BCUT2D eigenvalue weighted by molar-refractivity contribution is -0.141. The number of nitrogens with one attached hydrogen (secondary N) is 1. The van der Waals surface area contributed by atoms with Gasteiger partial charge in [0.1, 0.15) is 0 Å². The Hall–Kier alpha value is -1.88. The van der Waals surface area contributed by atoms with E-state index in [1.165, 1.54) is 0 Å². The molecular formula is C16H22N2O3. The van der Waals surface area contributed by atoms with E-state index in [-0.39, 0.29) is 24.5 Å². The van der Waals surface area contributed by atoms with E-state index < -0.39 is 11.9 Å². The minimum Gasteiger partial charge on any atom is -0.481 e. The summed E-state index contributed by atoms with van der Waals surface area (Å²) in [6.45, 7) is 6.91. The van der Waals surface area contributed by atoms with E-state index in [4.69, 9.17) is 0 Å². The second kappa shape index (κ2) is 5.85. The molecule has 0 saturated carbocycles. The molecule has 1 atom stereocenters. The van der Waals surface area contributed by atoms with Crippen molar-refractivity contribution in [2.75, 3.05) is 13.1 Å². The Labute approximate surface area is 125 Å². The zero-order valence-corrected chi connectivity index (χ0v) is 12.7. The third-order valence-corrected chi connectivity index (χ3v) is 3.62. The monoisotopic (exact) mass is 290 g/mol. The first-order valence-electron chi connectivity index (χ1n) is 7.11. The highest BCUT2D eigenvalue weighted by Crippen LogP contribution is 2.28. The number of carboxylic acids is 1. The molecule has 1 aliphatic heterocycles. The Morgan fingerprint density at radius 1 is 1.33 bits per heavy atom. The summed E-state index contributed by atoms with van der Waals surface area (Å²) in [5, 5.41) is 12.5. The van der Waals surface area contributed by atoms with Gasteiger partial charge < -0.3 is 15.3 Å². The Morgan fingerprint density at radius 3 is 2.62 bits per heavy atom. The van der Waals surface area contributed by atoms with E-state index >= 15 is 0 Å². The molecule has 21 heavy (non-hydrogen) atoms. The number of benzene rings is 1. The van der Waals surface area contributed by atoms with Gasteiger partial charge in [0, 0.05) is 18.6 Å². The molecule has 0 bridgehead atoms. The molecule has 2 N–H and O–H groups in total. The smallest absolute Gasteiger partial charge is 0.312 e. The summed E-state index contributed by atoms with van der Waals surface area (Å²) in [7, 11) is 0. The van der Waals surface area contributed by atoms with Gasteiger partial charge in [0.15, 0.2) is 0 Å². The summed E-state index contributed by atoms with van der Waals surface area (Å²) in [5.41, 5.74) is 1.59. The number of hydrogen-bond acceptors (Lipinski definition) is 3. The van der Waals surface area contributed by atoms with Gasteiger partial charge in [-0.25, -0.2) is 0 Å². The van der Waals surface area contributed by atoms with Crippen LogP contribution in [0, 0.1) is 0 Å². The van der Waals surface area contributed by atoms with E-state index in [9.17, 15) is 14.7 Å². The number of rotatable bonds is 3. The number of fused-ring (bicyclic) bond motifs is 1. The second-order valence-corrected chi connectivity index (χ2v) is 6.47. The molecule has 0 spiro atoms. The maximum absolute atomic E-state index is 12.3. The van der Waals surface area contributed by atoms with Crippen molar-refractivity contribution in [3.8, 4) is 0 Å². The van der Waals surface area contributed by atoms with Gasteiger partial charge in [0.2, 0.25) is 5.91 Å². The predicted octanol–water partition coefficient (Wildman–Crippen LogP) is 1.59. The van der Waals surface area contributed by atoms with Gasteiger partial charge in [-0.05, 0) is 31.9 Å². The first-order chi connectivity index (χ1) is 9.78. The van der Waals surface area contributed by atoms with Crippen LogP contribution in [0.25, 0.3) is 0 Å². The fourth-order valence-corrected chi connectivity index (χ4v) is 2.46. The lowest BCUT2D eigenvalue weighted by atomic mass is 9.90. The minimum absolute atomic E-state index is 0.0642. The van der Waals surface area contributed by atoms with Crippen molar-refractivity contribution in [1.29, 1.82) is 0 Å². The Morgan fingerprint density at radius 2 is 2.00 bits per heavy atom. The van der Waals surface area contributed by atoms with Gasteiger partial charge >= 0.3 is 5.97 Å². The summed E-state index contributed by atoms with van der Waals surface area (Å²) in [4.78, 5) is 25.4. The van der Waals surface area contributed by atoms with Crippen LogP contribution in [0.15, 0.2) is 24.3 Å². The first-order valence-corrected chi connectivity index (χ1v) is 7.11. The third kappa shape index (κ3) is 3.82. The highest BCUT2D eigenvalue weighted by atomic mass is 16.4. The largest absolute Gasteiger partial charge is 0.481 e. The summed E-state index contributed by atoms with van der Waals surface area (Å²) in [6, 6.07) is 7.44. The number of carbonyl (C=O) groups excluding carboxylic acids is 1. The molecule has 1 aromatic carbocycles. The zero-order valence-electron chi connectivity index (χ0n) is 12.7. The van der Waals surface area contributed by atoms with E-state index in [1.54, 1.807) is 4.90 Å². The number of aliphatic carboxylic acids is 1. The molecular weight excluding hydrogens is 268 g/mol. The molecule has 1 aromatic rings. The van der Waals surface area contributed by atoms with Crippen molar-refractivity contribution in [3.05, 3.63) is 35.4 Å². The molecule has 1 aliphatic rings. The summed E-state index contributed by atoms with van der Waals surface area (Å²) >= 11 is 0. The van der Waals surface area contributed by atoms with Gasteiger partial charge in [0.05, 0.1) is 12.5 Å². The zero-order chi connectivity index (χ0) is 15.6. The van der Waals surface area contributed by atoms with Crippen LogP contribution in [0.5, 0.6) is 0 Å². The van der Waals surface area contributed by atoms with Crippen LogP contribution in [0.4, 0.5) is 0 Å². The molecule has 1 heterocycles. The van der Waals surface area contributed by atoms with Crippen molar-refractivity contribution in [2.24, 2.45) is 0 Å². The minimum atomic E-state index is -0.885. The molecule has 5 heteroatoms.